The van der Waals surface area contributed by atoms with Gasteiger partial charge in [-0.2, -0.15) is 0 Å². The first-order valence-electron chi connectivity index (χ1n) is 7.72. The summed E-state index contributed by atoms with van der Waals surface area (Å²) in [6.45, 7) is 14.0. The predicted octanol–water partition coefficient (Wildman–Crippen LogP) is -2.18. The Morgan fingerprint density at radius 3 is 2.55 bits per heavy atom. The van der Waals surface area contributed by atoms with Gasteiger partial charge in [-0.25, -0.2) is 0 Å². The summed E-state index contributed by atoms with van der Waals surface area (Å²) in [6, 6.07) is 0. The van der Waals surface area contributed by atoms with Crippen LogP contribution in [0.15, 0.2) is 0 Å². The van der Waals surface area contributed by atoms with Crippen molar-refractivity contribution in [2.45, 2.75) is 13.8 Å². The van der Waals surface area contributed by atoms with E-state index in [1.54, 1.807) is 4.90 Å². The van der Waals surface area contributed by atoms with E-state index in [2.05, 4.69) is 25.7 Å². The first-order chi connectivity index (χ1) is 9.86. The maximum absolute atomic E-state index is 5.43. The highest BCUT2D eigenvalue weighted by molar-refractivity contribution is 4.98. The van der Waals surface area contributed by atoms with Gasteiger partial charge in [-0.05, 0) is 19.8 Å². The Hall–Kier alpha value is -0.640. The first kappa shape index (κ1) is 17.4. The van der Waals surface area contributed by atoms with Gasteiger partial charge in [0.1, 0.15) is 39.6 Å². The molecule has 5 heteroatoms. The van der Waals surface area contributed by atoms with E-state index in [0.29, 0.717) is 13.4 Å². The lowest BCUT2D eigenvalue weighted by molar-refractivity contribution is -0.900. The molecule has 0 aliphatic carbocycles. The van der Waals surface area contributed by atoms with Crippen LogP contribution >= 0.6 is 0 Å². The van der Waals surface area contributed by atoms with E-state index >= 15 is 0 Å². The smallest absolute Gasteiger partial charge is 0.148 e. The lowest BCUT2D eigenvalue weighted by Crippen LogP contribution is -3.14. The highest BCUT2D eigenvalue weighted by Gasteiger charge is 2.11. The molecule has 116 valence electrons. The van der Waals surface area contributed by atoms with Crippen LogP contribution in [0.2, 0.25) is 0 Å². The zero-order valence-corrected chi connectivity index (χ0v) is 13.0. The molecule has 1 fully saturated rings. The summed E-state index contributed by atoms with van der Waals surface area (Å²) in [4.78, 5) is 3.06. The molecule has 1 heterocycles. The van der Waals surface area contributed by atoms with Gasteiger partial charge in [-0.3, -0.25) is 0 Å². The molecule has 0 atom stereocenters. The third-order valence-corrected chi connectivity index (χ3v) is 3.60. The van der Waals surface area contributed by atoms with Gasteiger partial charge in [0.2, 0.25) is 0 Å². The molecule has 0 saturated carbocycles. The molecule has 1 aliphatic rings. The fourth-order valence-corrected chi connectivity index (χ4v) is 2.11. The van der Waals surface area contributed by atoms with Crippen LogP contribution in [-0.2, 0) is 14.2 Å². The Kier molecular flexibility index (Phi) is 10.6. The normalized spacial score (nSPS) is 16.1. The van der Waals surface area contributed by atoms with Crippen molar-refractivity contribution in [2.75, 3.05) is 72.5 Å². The Balaban J connectivity index is 1.89. The molecule has 0 bridgehead atoms. The zero-order chi connectivity index (χ0) is 14.5. The molecule has 0 amide bonds. The molecular weight excluding hydrogens is 256 g/mol. The van der Waals surface area contributed by atoms with Crippen LogP contribution in [0.25, 0.3) is 0 Å². The summed E-state index contributed by atoms with van der Waals surface area (Å²) in [7, 11) is 0. The summed E-state index contributed by atoms with van der Waals surface area (Å²) >= 11 is 0. The second-order valence-corrected chi connectivity index (χ2v) is 4.97. The average Bonchev–Trinajstić information content (AvgIpc) is 2.50. The minimum atomic E-state index is 0.347. The lowest BCUT2D eigenvalue weighted by Gasteiger charge is -2.21. The zero-order valence-electron chi connectivity index (χ0n) is 13.0. The molecule has 0 aromatic heterocycles. The quantitative estimate of drug-likeness (QED) is 0.287. The minimum absolute atomic E-state index is 0.347. The van der Waals surface area contributed by atoms with Crippen molar-refractivity contribution < 1.29 is 24.0 Å². The monoisotopic (exact) mass is 286 g/mol. The van der Waals surface area contributed by atoms with Crippen LogP contribution in [-0.4, -0.2) is 72.5 Å². The van der Waals surface area contributed by atoms with Crippen molar-refractivity contribution in [1.82, 2.24) is 0 Å². The number of hydrogen-bond acceptors (Lipinski definition) is 3. The van der Waals surface area contributed by atoms with Crippen LogP contribution < -0.4 is 9.80 Å². The molecule has 5 nitrogen and oxygen atoms in total. The second kappa shape index (κ2) is 12.1. The lowest BCUT2D eigenvalue weighted by atomic mass is 10.4. The van der Waals surface area contributed by atoms with Gasteiger partial charge in [0.05, 0.1) is 32.9 Å². The Morgan fingerprint density at radius 2 is 1.85 bits per heavy atom. The van der Waals surface area contributed by atoms with E-state index in [1.807, 2.05) is 0 Å². The Bertz CT molecular complexity index is 279. The summed E-state index contributed by atoms with van der Waals surface area (Å²) in [5.74, 6) is 6.19. The molecule has 0 aromatic rings. The second-order valence-electron chi connectivity index (χ2n) is 4.97. The van der Waals surface area contributed by atoms with Gasteiger partial charge >= 0.3 is 0 Å². The molecule has 0 unspecified atom stereocenters. The molecule has 0 spiro atoms. The van der Waals surface area contributed by atoms with Crippen molar-refractivity contribution in [3.8, 4) is 11.8 Å². The van der Waals surface area contributed by atoms with Crippen LogP contribution in [0.3, 0.4) is 0 Å². The highest BCUT2D eigenvalue weighted by atomic mass is 16.7. The van der Waals surface area contributed by atoms with Crippen molar-refractivity contribution in [1.29, 1.82) is 0 Å². The topological polar surface area (TPSA) is 36.6 Å². The molecule has 20 heavy (non-hydrogen) atoms. The van der Waals surface area contributed by atoms with E-state index < -0.39 is 0 Å². The van der Waals surface area contributed by atoms with E-state index in [0.717, 1.165) is 59.1 Å². The first-order valence-corrected chi connectivity index (χ1v) is 7.72. The third-order valence-electron chi connectivity index (χ3n) is 3.60. The van der Waals surface area contributed by atoms with Gasteiger partial charge < -0.3 is 24.0 Å². The highest BCUT2D eigenvalue weighted by Crippen LogP contribution is 1.77. The van der Waals surface area contributed by atoms with Gasteiger partial charge in [-0.15, -0.1) is 0 Å². The Labute approximate surface area is 123 Å². The molecule has 1 rings (SSSR count). The summed E-state index contributed by atoms with van der Waals surface area (Å²) < 4.78 is 16.1. The van der Waals surface area contributed by atoms with Crippen molar-refractivity contribution in [3.05, 3.63) is 0 Å². The number of morpholine rings is 1. The summed E-state index contributed by atoms with van der Waals surface area (Å²) in [6.07, 6.45) is 0. The SMILES string of the molecule is CC[NH+](CC)CCOCOCC#CC[NH+]1CCOCC1. The number of quaternary nitrogens is 2. The molecule has 0 radical (unpaired) electrons. The molecule has 1 saturated heterocycles. The third kappa shape index (κ3) is 8.51. The maximum atomic E-state index is 5.43. The molecule has 1 aliphatic heterocycles. The van der Waals surface area contributed by atoms with Crippen molar-refractivity contribution in [3.63, 3.8) is 0 Å². The number of rotatable bonds is 9. The van der Waals surface area contributed by atoms with Crippen LogP contribution in [0, 0.1) is 11.8 Å². The van der Waals surface area contributed by atoms with Gasteiger partial charge in [-0.1, -0.05) is 5.92 Å². The number of likely N-dealkylation sites (N-methyl/N-ethyl adjacent to an activating group) is 1. The van der Waals surface area contributed by atoms with Crippen molar-refractivity contribution >= 4 is 0 Å². The van der Waals surface area contributed by atoms with Crippen molar-refractivity contribution in [2.24, 2.45) is 0 Å². The minimum Gasteiger partial charge on any atom is -0.370 e. The Morgan fingerprint density at radius 1 is 1.10 bits per heavy atom. The van der Waals surface area contributed by atoms with Gasteiger partial charge in [0, 0.05) is 0 Å². The van der Waals surface area contributed by atoms with Gasteiger partial charge in [0.15, 0.2) is 0 Å². The standard InChI is InChI=1S/C15H28N2O3/c1-3-16(4-2)8-14-20-15-19-11-6-5-7-17-9-12-18-13-10-17/h3-4,7-15H2,1-2H3/p+2. The van der Waals surface area contributed by atoms with Crippen LogP contribution in [0.1, 0.15) is 13.8 Å². The van der Waals surface area contributed by atoms with Crippen LogP contribution in [0.4, 0.5) is 0 Å². The number of hydrogen-bond donors (Lipinski definition) is 2. The number of nitrogens with one attached hydrogen (secondary N) is 2. The predicted molar refractivity (Wildman–Crippen MR) is 77.8 cm³/mol. The molecule has 0 aromatic carbocycles. The van der Waals surface area contributed by atoms with Gasteiger partial charge in [0.25, 0.3) is 0 Å². The summed E-state index contributed by atoms with van der Waals surface area (Å²) in [5.41, 5.74) is 0. The van der Waals surface area contributed by atoms with E-state index in [1.165, 1.54) is 4.90 Å². The fourth-order valence-electron chi connectivity index (χ4n) is 2.11. The number of ether oxygens (including phenoxy) is 3. The maximum Gasteiger partial charge on any atom is 0.148 e. The summed E-state index contributed by atoms with van der Waals surface area (Å²) in [5, 5.41) is 0. The van der Waals surface area contributed by atoms with Crippen LogP contribution in [0.5, 0.6) is 0 Å². The molecule has 2 N–H and O–H groups in total. The fraction of sp³-hybridized carbons (Fsp3) is 0.867. The largest absolute Gasteiger partial charge is 0.370 e. The van der Waals surface area contributed by atoms with E-state index in [4.69, 9.17) is 14.2 Å². The molecular formula is C15H30N2O3+2. The van der Waals surface area contributed by atoms with E-state index in [9.17, 15) is 0 Å². The van der Waals surface area contributed by atoms with E-state index in [-0.39, 0.29) is 0 Å². The average molecular weight is 286 g/mol.